The standard InChI is InChI=1S/C23H14BrCl2NO2/c24-22-18-4-2-1-3-14(18)7-11-21(22)29-20-12-10-17(13-19(20)26)27-23(28)15-5-8-16(25)9-6-15/h1-13H,(H,27,28). The molecule has 0 bridgehead atoms. The smallest absolute Gasteiger partial charge is 0.255 e. The van der Waals surface area contributed by atoms with Gasteiger partial charge in [-0.2, -0.15) is 0 Å². The molecule has 0 aliphatic rings. The van der Waals surface area contributed by atoms with Crippen LogP contribution in [0.4, 0.5) is 5.69 Å². The van der Waals surface area contributed by atoms with Gasteiger partial charge in [0, 0.05) is 16.3 Å². The van der Waals surface area contributed by atoms with Gasteiger partial charge in [0.25, 0.3) is 5.91 Å². The van der Waals surface area contributed by atoms with Crippen molar-refractivity contribution < 1.29 is 9.53 Å². The Bertz CT molecular complexity index is 1210. The minimum Gasteiger partial charge on any atom is -0.455 e. The molecule has 0 spiro atoms. The van der Waals surface area contributed by atoms with Crippen molar-refractivity contribution >= 4 is 61.5 Å². The number of hydrogen-bond acceptors (Lipinski definition) is 2. The van der Waals surface area contributed by atoms with Gasteiger partial charge in [0.1, 0.15) is 11.5 Å². The van der Waals surface area contributed by atoms with E-state index < -0.39 is 0 Å². The third-order valence-corrected chi connectivity index (χ3v) is 5.71. The van der Waals surface area contributed by atoms with E-state index in [1.807, 2.05) is 36.4 Å². The number of fused-ring (bicyclic) bond motifs is 1. The number of ether oxygens (including phenoxy) is 1. The van der Waals surface area contributed by atoms with E-state index in [0.717, 1.165) is 15.2 Å². The number of halogens is 3. The van der Waals surface area contributed by atoms with Crippen LogP contribution in [0.15, 0.2) is 83.3 Å². The number of nitrogens with one attached hydrogen (secondary N) is 1. The Labute approximate surface area is 186 Å². The Hall–Kier alpha value is -2.53. The van der Waals surface area contributed by atoms with Crippen LogP contribution in [0.3, 0.4) is 0 Å². The van der Waals surface area contributed by atoms with Crippen LogP contribution in [0.1, 0.15) is 10.4 Å². The number of carbonyl (C=O) groups excluding carboxylic acids is 1. The third-order valence-electron chi connectivity index (χ3n) is 4.34. The molecule has 144 valence electrons. The zero-order valence-electron chi connectivity index (χ0n) is 15.0. The first-order valence-corrected chi connectivity index (χ1v) is 10.3. The van der Waals surface area contributed by atoms with E-state index in [1.54, 1.807) is 42.5 Å². The predicted molar refractivity (Wildman–Crippen MR) is 123 cm³/mol. The van der Waals surface area contributed by atoms with Crippen molar-refractivity contribution in [2.75, 3.05) is 5.32 Å². The quantitative estimate of drug-likeness (QED) is 0.317. The second kappa shape index (κ2) is 8.46. The molecule has 1 N–H and O–H groups in total. The lowest BCUT2D eigenvalue weighted by atomic mass is 10.1. The molecule has 0 unspecified atom stereocenters. The van der Waals surface area contributed by atoms with Crippen LogP contribution in [-0.4, -0.2) is 5.91 Å². The fourth-order valence-electron chi connectivity index (χ4n) is 2.88. The Morgan fingerprint density at radius 1 is 0.862 bits per heavy atom. The van der Waals surface area contributed by atoms with Gasteiger partial charge >= 0.3 is 0 Å². The van der Waals surface area contributed by atoms with Crippen LogP contribution in [-0.2, 0) is 0 Å². The maximum Gasteiger partial charge on any atom is 0.255 e. The van der Waals surface area contributed by atoms with Gasteiger partial charge in [0.2, 0.25) is 0 Å². The number of rotatable bonds is 4. The molecular weight excluding hydrogens is 473 g/mol. The van der Waals surface area contributed by atoms with Crippen molar-refractivity contribution in [1.29, 1.82) is 0 Å². The molecule has 0 saturated heterocycles. The summed E-state index contributed by atoms with van der Waals surface area (Å²) in [4.78, 5) is 12.3. The molecule has 0 aliphatic carbocycles. The molecule has 4 aromatic rings. The molecule has 0 heterocycles. The number of anilines is 1. The Balaban J connectivity index is 1.54. The van der Waals surface area contributed by atoms with E-state index in [4.69, 9.17) is 27.9 Å². The van der Waals surface area contributed by atoms with Crippen molar-refractivity contribution in [1.82, 2.24) is 0 Å². The number of hydrogen-bond donors (Lipinski definition) is 1. The van der Waals surface area contributed by atoms with Crippen molar-refractivity contribution in [2.24, 2.45) is 0 Å². The molecule has 0 atom stereocenters. The summed E-state index contributed by atoms with van der Waals surface area (Å²) in [5, 5.41) is 5.94. The lowest BCUT2D eigenvalue weighted by Gasteiger charge is -2.13. The molecular formula is C23H14BrCl2NO2. The monoisotopic (exact) mass is 485 g/mol. The van der Waals surface area contributed by atoms with E-state index in [0.29, 0.717) is 32.8 Å². The second-order valence-electron chi connectivity index (χ2n) is 6.31. The highest BCUT2D eigenvalue weighted by Gasteiger charge is 2.12. The number of carbonyl (C=O) groups is 1. The molecule has 29 heavy (non-hydrogen) atoms. The Morgan fingerprint density at radius 2 is 1.59 bits per heavy atom. The fraction of sp³-hybridized carbons (Fsp3) is 0. The minimum absolute atomic E-state index is 0.247. The van der Waals surface area contributed by atoms with Gasteiger partial charge in [-0.05, 0) is 75.2 Å². The molecule has 0 aliphatic heterocycles. The molecule has 0 aromatic heterocycles. The molecule has 0 fully saturated rings. The normalized spacial score (nSPS) is 10.7. The summed E-state index contributed by atoms with van der Waals surface area (Å²) in [5.41, 5.74) is 1.07. The van der Waals surface area contributed by atoms with Crippen molar-refractivity contribution in [3.8, 4) is 11.5 Å². The van der Waals surface area contributed by atoms with E-state index in [9.17, 15) is 4.79 Å². The van der Waals surface area contributed by atoms with Gasteiger partial charge in [-0.1, -0.05) is 53.5 Å². The van der Waals surface area contributed by atoms with E-state index in [1.165, 1.54) is 0 Å². The van der Waals surface area contributed by atoms with E-state index in [2.05, 4.69) is 21.2 Å². The van der Waals surface area contributed by atoms with Crippen LogP contribution in [0.25, 0.3) is 10.8 Å². The van der Waals surface area contributed by atoms with Gasteiger partial charge in [0.05, 0.1) is 9.50 Å². The average Bonchev–Trinajstić information content (AvgIpc) is 2.72. The summed E-state index contributed by atoms with van der Waals surface area (Å²) in [5.74, 6) is 0.902. The zero-order chi connectivity index (χ0) is 20.4. The van der Waals surface area contributed by atoms with Crippen LogP contribution < -0.4 is 10.1 Å². The first kappa shape index (κ1) is 19.8. The maximum atomic E-state index is 12.3. The Morgan fingerprint density at radius 3 is 2.34 bits per heavy atom. The Kier molecular flexibility index (Phi) is 5.76. The van der Waals surface area contributed by atoms with Crippen LogP contribution in [0.5, 0.6) is 11.5 Å². The minimum atomic E-state index is -0.247. The van der Waals surface area contributed by atoms with Gasteiger partial charge < -0.3 is 10.1 Å². The van der Waals surface area contributed by atoms with E-state index in [-0.39, 0.29) is 5.91 Å². The SMILES string of the molecule is O=C(Nc1ccc(Oc2ccc3ccccc3c2Br)c(Cl)c1)c1ccc(Cl)cc1. The van der Waals surface area contributed by atoms with Gasteiger partial charge in [-0.3, -0.25) is 4.79 Å². The fourth-order valence-corrected chi connectivity index (χ4v) is 3.80. The molecule has 4 rings (SSSR count). The molecule has 0 saturated carbocycles. The lowest BCUT2D eigenvalue weighted by Crippen LogP contribution is -2.11. The van der Waals surface area contributed by atoms with Crippen LogP contribution in [0.2, 0.25) is 10.0 Å². The summed E-state index contributed by atoms with van der Waals surface area (Å²) in [6, 6.07) is 23.7. The van der Waals surface area contributed by atoms with Crippen molar-refractivity contribution in [2.45, 2.75) is 0 Å². The van der Waals surface area contributed by atoms with Gasteiger partial charge in [0.15, 0.2) is 0 Å². The predicted octanol–water partition coefficient (Wildman–Crippen LogP) is 7.95. The highest BCUT2D eigenvalue weighted by molar-refractivity contribution is 9.10. The molecule has 6 heteroatoms. The second-order valence-corrected chi connectivity index (χ2v) is 7.94. The highest BCUT2D eigenvalue weighted by Crippen LogP contribution is 2.38. The summed E-state index contributed by atoms with van der Waals surface area (Å²) in [7, 11) is 0. The molecule has 4 aromatic carbocycles. The number of benzene rings is 4. The van der Waals surface area contributed by atoms with Crippen molar-refractivity contribution in [3.05, 3.63) is 98.9 Å². The summed E-state index contributed by atoms with van der Waals surface area (Å²) < 4.78 is 6.85. The van der Waals surface area contributed by atoms with Gasteiger partial charge in [-0.15, -0.1) is 0 Å². The highest BCUT2D eigenvalue weighted by atomic mass is 79.9. The molecule has 3 nitrogen and oxygen atoms in total. The average molecular weight is 487 g/mol. The molecule has 1 amide bonds. The summed E-state index contributed by atoms with van der Waals surface area (Å²) >= 11 is 15.9. The number of amides is 1. The maximum absolute atomic E-state index is 12.3. The zero-order valence-corrected chi connectivity index (χ0v) is 18.1. The first-order chi connectivity index (χ1) is 14.0. The van der Waals surface area contributed by atoms with E-state index >= 15 is 0 Å². The van der Waals surface area contributed by atoms with Crippen LogP contribution in [0, 0.1) is 0 Å². The van der Waals surface area contributed by atoms with Gasteiger partial charge in [-0.25, -0.2) is 0 Å². The summed E-state index contributed by atoms with van der Waals surface area (Å²) in [6.07, 6.45) is 0. The summed E-state index contributed by atoms with van der Waals surface area (Å²) in [6.45, 7) is 0. The lowest BCUT2D eigenvalue weighted by molar-refractivity contribution is 0.102. The topological polar surface area (TPSA) is 38.3 Å². The molecule has 0 radical (unpaired) electrons. The largest absolute Gasteiger partial charge is 0.455 e. The third kappa shape index (κ3) is 4.40. The van der Waals surface area contributed by atoms with Crippen LogP contribution >= 0.6 is 39.1 Å². The first-order valence-electron chi connectivity index (χ1n) is 8.73. The van der Waals surface area contributed by atoms with Crippen molar-refractivity contribution in [3.63, 3.8) is 0 Å².